The number of hydrogen-bond donors (Lipinski definition) is 0. The van der Waals surface area contributed by atoms with E-state index in [1.165, 1.54) is 0 Å². The molecule has 1 saturated carbocycles. The molecule has 2 amide bonds. The van der Waals surface area contributed by atoms with Gasteiger partial charge < -0.3 is 14.5 Å². The molecule has 0 spiro atoms. The fraction of sp³-hybridized carbons (Fsp3) is 0.417. The second-order valence-electron chi connectivity index (χ2n) is 8.35. The van der Waals surface area contributed by atoms with Crippen molar-refractivity contribution in [1.82, 2.24) is 9.80 Å². The number of nitrogens with zero attached hydrogens (tertiary/aromatic N) is 2. The zero-order chi connectivity index (χ0) is 19.8. The largest absolute Gasteiger partial charge is 0.489 e. The second-order valence-corrected chi connectivity index (χ2v) is 8.35. The van der Waals surface area contributed by atoms with Crippen LogP contribution in [0, 0.1) is 0 Å². The van der Waals surface area contributed by atoms with Crippen LogP contribution in [0.2, 0.25) is 0 Å². The molecule has 1 saturated heterocycles. The molecule has 2 heterocycles. The maximum atomic E-state index is 13.1. The molecule has 5 rings (SSSR count). The highest BCUT2D eigenvalue weighted by atomic mass is 16.5. The Labute approximate surface area is 171 Å². The van der Waals surface area contributed by atoms with Crippen LogP contribution < -0.4 is 4.74 Å². The Hall–Kier alpha value is -2.82. The lowest BCUT2D eigenvalue weighted by molar-refractivity contribution is -0.159. The van der Waals surface area contributed by atoms with Crippen molar-refractivity contribution in [2.24, 2.45) is 0 Å². The third kappa shape index (κ3) is 3.50. The topological polar surface area (TPSA) is 49.9 Å². The van der Waals surface area contributed by atoms with Gasteiger partial charge in [-0.15, -0.1) is 0 Å². The van der Waals surface area contributed by atoms with Gasteiger partial charge in [-0.3, -0.25) is 9.59 Å². The van der Waals surface area contributed by atoms with Crippen molar-refractivity contribution < 1.29 is 14.3 Å². The van der Waals surface area contributed by atoms with E-state index in [1.54, 1.807) is 4.90 Å². The Balaban J connectivity index is 1.32. The third-order valence-corrected chi connectivity index (χ3v) is 6.52. The lowest BCUT2D eigenvalue weighted by Gasteiger charge is -2.45. The number of fused-ring (bicyclic) bond motifs is 2. The number of ether oxygens (including phenoxy) is 1. The van der Waals surface area contributed by atoms with Gasteiger partial charge in [0, 0.05) is 19.0 Å². The van der Waals surface area contributed by atoms with E-state index < -0.39 is 0 Å². The lowest BCUT2D eigenvalue weighted by Crippen LogP contribution is -2.63. The first-order chi connectivity index (χ1) is 14.2. The van der Waals surface area contributed by atoms with E-state index in [-0.39, 0.29) is 30.4 Å². The SMILES string of the molecule is O=C1[C@H]2Cc3ccc(OCc4ccccc4)cc3CN2C(=O)CN1C1CCCC1. The van der Waals surface area contributed by atoms with Crippen LogP contribution in [0.1, 0.15) is 42.4 Å². The number of amides is 2. The molecule has 150 valence electrons. The minimum absolute atomic E-state index is 0.0720. The molecule has 1 atom stereocenters. The van der Waals surface area contributed by atoms with Crippen molar-refractivity contribution in [3.63, 3.8) is 0 Å². The summed E-state index contributed by atoms with van der Waals surface area (Å²) in [6, 6.07) is 16.0. The molecule has 0 radical (unpaired) electrons. The maximum Gasteiger partial charge on any atom is 0.246 e. The van der Waals surface area contributed by atoms with Gasteiger partial charge in [0.25, 0.3) is 0 Å². The third-order valence-electron chi connectivity index (χ3n) is 6.52. The highest BCUT2D eigenvalue weighted by molar-refractivity contribution is 5.95. The van der Waals surface area contributed by atoms with Gasteiger partial charge in [-0.05, 0) is 41.7 Å². The van der Waals surface area contributed by atoms with Gasteiger partial charge in [-0.2, -0.15) is 0 Å². The second kappa shape index (κ2) is 7.54. The van der Waals surface area contributed by atoms with Crippen LogP contribution in [0.3, 0.4) is 0 Å². The summed E-state index contributed by atoms with van der Waals surface area (Å²) >= 11 is 0. The Bertz CT molecular complexity index is 921. The van der Waals surface area contributed by atoms with Crippen LogP contribution in [0.5, 0.6) is 5.75 Å². The fourth-order valence-corrected chi connectivity index (χ4v) is 4.90. The fourth-order valence-electron chi connectivity index (χ4n) is 4.90. The van der Waals surface area contributed by atoms with Crippen molar-refractivity contribution in [2.45, 2.75) is 57.3 Å². The zero-order valence-corrected chi connectivity index (χ0v) is 16.5. The van der Waals surface area contributed by atoms with E-state index in [1.807, 2.05) is 47.4 Å². The monoisotopic (exact) mass is 390 g/mol. The predicted molar refractivity (Wildman–Crippen MR) is 109 cm³/mol. The van der Waals surface area contributed by atoms with Gasteiger partial charge in [-0.25, -0.2) is 0 Å². The van der Waals surface area contributed by atoms with Gasteiger partial charge in [0.15, 0.2) is 0 Å². The first kappa shape index (κ1) is 18.2. The number of hydrogen-bond acceptors (Lipinski definition) is 3. The van der Waals surface area contributed by atoms with Crippen LogP contribution >= 0.6 is 0 Å². The Morgan fingerprint density at radius 2 is 1.69 bits per heavy atom. The van der Waals surface area contributed by atoms with E-state index in [2.05, 4.69) is 6.07 Å². The van der Waals surface area contributed by atoms with Crippen molar-refractivity contribution in [2.75, 3.05) is 6.54 Å². The molecule has 5 nitrogen and oxygen atoms in total. The molecule has 29 heavy (non-hydrogen) atoms. The molecular formula is C24H26N2O3. The highest BCUT2D eigenvalue weighted by Crippen LogP contribution is 2.33. The number of carbonyl (C=O) groups excluding carboxylic acids is 2. The van der Waals surface area contributed by atoms with Crippen LogP contribution in [-0.2, 0) is 29.2 Å². The first-order valence-electron chi connectivity index (χ1n) is 10.6. The molecule has 0 bridgehead atoms. The van der Waals surface area contributed by atoms with Crippen LogP contribution in [0.25, 0.3) is 0 Å². The van der Waals surface area contributed by atoms with E-state index in [4.69, 9.17) is 4.74 Å². The summed E-state index contributed by atoms with van der Waals surface area (Å²) in [6.07, 6.45) is 4.98. The van der Waals surface area contributed by atoms with Crippen LogP contribution in [0.15, 0.2) is 48.5 Å². The Morgan fingerprint density at radius 3 is 2.48 bits per heavy atom. The molecule has 0 N–H and O–H groups in total. The molecule has 5 heteroatoms. The standard InChI is InChI=1S/C24H26N2O3/c27-23-15-25(20-8-4-5-9-20)24(28)22-13-18-10-11-21(12-19(18)14-26(22)23)29-16-17-6-2-1-3-7-17/h1-3,6-7,10-12,20,22H,4-5,8-9,13-16H2/t22-/m1/s1. The summed E-state index contributed by atoms with van der Waals surface area (Å²) < 4.78 is 5.95. The summed E-state index contributed by atoms with van der Waals surface area (Å²) in [7, 11) is 0. The quantitative estimate of drug-likeness (QED) is 0.805. The number of benzene rings is 2. The van der Waals surface area contributed by atoms with Gasteiger partial charge in [-0.1, -0.05) is 49.2 Å². The molecule has 2 aromatic rings. The first-order valence-corrected chi connectivity index (χ1v) is 10.6. The summed E-state index contributed by atoms with van der Waals surface area (Å²) in [5, 5.41) is 0. The average molecular weight is 390 g/mol. The molecule has 3 aliphatic rings. The summed E-state index contributed by atoms with van der Waals surface area (Å²) in [4.78, 5) is 29.6. The number of carbonyl (C=O) groups is 2. The summed E-state index contributed by atoms with van der Waals surface area (Å²) in [5.74, 6) is 1.00. The van der Waals surface area contributed by atoms with Crippen molar-refractivity contribution in [3.05, 3.63) is 65.2 Å². The van der Waals surface area contributed by atoms with Crippen molar-refractivity contribution in [3.8, 4) is 5.75 Å². The molecule has 2 fully saturated rings. The molecule has 2 aliphatic heterocycles. The number of rotatable bonds is 4. The van der Waals surface area contributed by atoms with Gasteiger partial charge in [0.05, 0.1) is 0 Å². The molecule has 1 aliphatic carbocycles. The summed E-state index contributed by atoms with van der Waals surface area (Å²) in [5.41, 5.74) is 3.35. The van der Waals surface area contributed by atoms with E-state index >= 15 is 0 Å². The molecular weight excluding hydrogens is 364 g/mol. The van der Waals surface area contributed by atoms with Crippen LogP contribution in [-0.4, -0.2) is 40.2 Å². The highest BCUT2D eigenvalue weighted by Gasteiger charge is 2.44. The maximum absolute atomic E-state index is 13.1. The van der Waals surface area contributed by atoms with E-state index in [9.17, 15) is 9.59 Å². The zero-order valence-electron chi connectivity index (χ0n) is 16.5. The van der Waals surface area contributed by atoms with E-state index in [0.29, 0.717) is 19.6 Å². The normalized spacial score (nSPS) is 21.9. The Morgan fingerprint density at radius 1 is 0.897 bits per heavy atom. The van der Waals surface area contributed by atoms with Gasteiger partial charge in [0.2, 0.25) is 11.8 Å². The summed E-state index contributed by atoms with van der Waals surface area (Å²) in [6.45, 7) is 1.24. The predicted octanol–water partition coefficient (Wildman–Crippen LogP) is 3.30. The van der Waals surface area contributed by atoms with Gasteiger partial charge in [0.1, 0.15) is 24.9 Å². The smallest absolute Gasteiger partial charge is 0.246 e. The number of piperazine rings is 1. The van der Waals surface area contributed by atoms with Crippen molar-refractivity contribution in [1.29, 1.82) is 0 Å². The Kier molecular flexibility index (Phi) is 4.74. The molecule has 0 aromatic heterocycles. The van der Waals surface area contributed by atoms with Crippen LogP contribution in [0.4, 0.5) is 0 Å². The minimum atomic E-state index is -0.347. The minimum Gasteiger partial charge on any atom is -0.489 e. The average Bonchev–Trinajstić information content (AvgIpc) is 3.29. The van der Waals surface area contributed by atoms with E-state index in [0.717, 1.165) is 48.1 Å². The molecule has 0 unspecified atom stereocenters. The van der Waals surface area contributed by atoms with Gasteiger partial charge >= 0.3 is 0 Å². The lowest BCUT2D eigenvalue weighted by atomic mass is 9.91. The van der Waals surface area contributed by atoms with Crippen molar-refractivity contribution >= 4 is 11.8 Å². The molecule has 2 aromatic carbocycles.